The van der Waals surface area contributed by atoms with E-state index in [9.17, 15) is 9.90 Å². The predicted octanol–water partition coefficient (Wildman–Crippen LogP) is 3.00. The smallest absolute Gasteiger partial charge is 0.169 e. The highest BCUT2D eigenvalue weighted by atomic mass is 32.1. The number of aliphatic imine (C=N–C) groups is 1. The van der Waals surface area contributed by atoms with Crippen LogP contribution < -0.4 is 5.32 Å². The summed E-state index contributed by atoms with van der Waals surface area (Å²) in [5.74, 6) is 0.153. The second-order valence-electron chi connectivity index (χ2n) is 8.14. The van der Waals surface area contributed by atoms with Gasteiger partial charge in [0.05, 0.1) is 12.1 Å². The van der Waals surface area contributed by atoms with E-state index in [2.05, 4.69) is 26.7 Å². The normalized spacial score (nSPS) is 20.4. The fraction of sp³-hybridized carbons (Fsp3) is 0.458. The lowest BCUT2D eigenvalue weighted by molar-refractivity contribution is -0.116. The number of aliphatic hydroxyl groups is 1. The van der Waals surface area contributed by atoms with Crippen LogP contribution in [0.5, 0.6) is 0 Å². The van der Waals surface area contributed by atoms with Gasteiger partial charge in [-0.15, -0.1) is 6.58 Å². The van der Waals surface area contributed by atoms with E-state index in [4.69, 9.17) is 12.2 Å². The Balaban J connectivity index is 1.45. The number of aryl methyl sites for hydroxylation is 1. The Morgan fingerprint density at radius 3 is 2.61 bits per heavy atom. The zero-order chi connectivity index (χ0) is 22.2. The third kappa shape index (κ3) is 6.48. The van der Waals surface area contributed by atoms with Crippen molar-refractivity contribution < 1.29 is 9.90 Å². The molecule has 1 unspecified atom stereocenters. The molecule has 1 aromatic carbocycles. The molecule has 7 heteroatoms. The van der Waals surface area contributed by atoms with Crippen molar-refractivity contribution in [2.45, 2.75) is 25.7 Å². The van der Waals surface area contributed by atoms with Gasteiger partial charge in [0.2, 0.25) is 0 Å². The van der Waals surface area contributed by atoms with Gasteiger partial charge in [0.25, 0.3) is 0 Å². The lowest BCUT2D eigenvalue weighted by Gasteiger charge is -2.35. The number of piperazine rings is 1. The van der Waals surface area contributed by atoms with Crippen molar-refractivity contribution in [3.63, 3.8) is 0 Å². The van der Waals surface area contributed by atoms with E-state index in [1.807, 2.05) is 31.2 Å². The highest BCUT2D eigenvalue weighted by molar-refractivity contribution is 7.80. The number of rotatable bonds is 7. The Hall–Kier alpha value is -2.51. The maximum atomic E-state index is 12.6. The molecule has 1 fully saturated rings. The molecular weight excluding hydrogens is 408 g/mol. The standard InChI is InChI=1S/C24H32N4O2S/c1-3-8-26-24(31)28-13-11-27(12-14-28)10-9-25-17-21-22(29)15-20(16-23(21)30)19-6-4-18(2)5-7-19/h3-7,17,20,29H,1,8-16H2,2H3,(H,26,31). The van der Waals surface area contributed by atoms with Gasteiger partial charge in [0.1, 0.15) is 5.76 Å². The number of Topliss-reactive ketones (excluding diaryl/α,β-unsaturated/α-hetero) is 1. The quantitative estimate of drug-likeness (QED) is 0.386. The van der Waals surface area contributed by atoms with Gasteiger partial charge in [0, 0.05) is 58.3 Å². The first-order valence-electron chi connectivity index (χ1n) is 10.9. The average Bonchev–Trinajstić information content (AvgIpc) is 2.77. The summed E-state index contributed by atoms with van der Waals surface area (Å²) in [5.41, 5.74) is 2.65. The number of carbonyl (C=O) groups is 1. The molecule has 2 N–H and O–H groups in total. The van der Waals surface area contributed by atoms with Gasteiger partial charge in [-0.2, -0.15) is 0 Å². The topological polar surface area (TPSA) is 68.2 Å². The summed E-state index contributed by atoms with van der Waals surface area (Å²) in [7, 11) is 0. The summed E-state index contributed by atoms with van der Waals surface area (Å²) in [5, 5.41) is 14.4. The first-order chi connectivity index (χ1) is 15.0. The zero-order valence-electron chi connectivity index (χ0n) is 18.2. The first-order valence-corrected chi connectivity index (χ1v) is 11.3. The van der Waals surface area contributed by atoms with Crippen LogP contribution in [-0.2, 0) is 4.79 Å². The number of thiocarbonyl (C=S) groups is 1. The third-order valence-electron chi connectivity index (χ3n) is 5.85. The van der Waals surface area contributed by atoms with Gasteiger partial charge < -0.3 is 15.3 Å². The van der Waals surface area contributed by atoms with Crippen molar-refractivity contribution in [1.82, 2.24) is 15.1 Å². The lowest BCUT2D eigenvalue weighted by Crippen LogP contribution is -2.52. The Bertz CT molecular complexity index is 855. The molecule has 1 aromatic rings. The second kappa shape index (κ2) is 11.2. The van der Waals surface area contributed by atoms with Gasteiger partial charge in [0.15, 0.2) is 10.9 Å². The van der Waals surface area contributed by atoms with Gasteiger partial charge in [-0.1, -0.05) is 35.9 Å². The van der Waals surface area contributed by atoms with E-state index in [-0.39, 0.29) is 17.5 Å². The fourth-order valence-corrected chi connectivity index (χ4v) is 4.20. The molecule has 0 spiro atoms. The van der Waals surface area contributed by atoms with E-state index < -0.39 is 0 Å². The predicted molar refractivity (Wildman–Crippen MR) is 130 cm³/mol. The molecule has 0 aromatic heterocycles. The Morgan fingerprint density at radius 2 is 1.97 bits per heavy atom. The SMILES string of the molecule is C=CCNC(=S)N1CCN(CCN=CC2=C(O)CC(c3ccc(C)cc3)CC2=O)CC1. The maximum Gasteiger partial charge on any atom is 0.169 e. The molecule has 3 rings (SSSR count). The number of aliphatic hydroxyl groups excluding tert-OH is 1. The minimum Gasteiger partial charge on any atom is -0.511 e. The average molecular weight is 441 g/mol. The molecule has 6 nitrogen and oxygen atoms in total. The molecule has 0 amide bonds. The Labute approximate surface area is 190 Å². The van der Waals surface area contributed by atoms with Crippen molar-refractivity contribution in [2.75, 3.05) is 45.8 Å². The largest absolute Gasteiger partial charge is 0.511 e. The summed E-state index contributed by atoms with van der Waals surface area (Å²) in [6, 6.07) is 8.18. The van der Waals surface area contributed by atoms with Crippen LogP contribution in [0.1, 0.15) is 29.9 Å². The molecule has 1 aliphatic heterocycles. The second-order valence-corrected chi connectivity index (χ2v) is 8.52. The van der Waals surface area contributed by atoms with E-state index >= 15 is 0 Å². The van der Waals surface area contributed by atoms with Crippen LogP contribution in [-0.4, -0.2) is 77.8 Å². The van der Waals surface area contributed by atoms with Gasteiger partial charge in [-0.3, -0.25) is 14.7 Å². The molecule has 0 bridgehead atoms. The van der Waals surface area contributed by atoms with Crippen molar-refractivity contribution in [1.29, 1.82) is 0 Å². The lowest BCUT2D eigenvalue weighted by atomic mass is 9.83. The first kappa shape index (κ1) is 23.2. The fourth-order valence-electron chi connectivity index (χ4n) is 3.93. The van der Waals surface area contributed by atoms with Crippen LogP contribution in [0, 0.1) is 6.92 Å². The maximum absolute atomic E-state index is 12.6. The molecule has 0 saturated carbocycles. The van der Waals surface area contributed by atoms with Crippen molar-refractivity contribution in [2.24, 2.45) is 4.99 Å². The molecule has 1 atom stereocenters. The van der Waals surface area contributed by atoms with Crippen LogP contribution in [0.4, 0.5) is 0 Å². The Kier molecular flexibility index (Phi) is 8.37. The van der Waals surface area contributed by atoms with Crippen molar-refractivity contribution >= 4 is 29.3 Å². The van der Waals surface area contributed by atoms with Crippen molar-refractivity contribution in [3.05, 3.63) is 59.4 Å². The summed E-state index contributed by atoms with van der Waals surface area (Å²) < 4.78 is 0. The van der Waals surface area contributed by atoms with E-state index in [1.54, 1.807) is 12.3 Å². The number of hydrogen-bond donors (Lipinski definition) is 2. The number of hydrogen-bond acceptors (Lipinski definition) is 5. The van der Waals surface area contributed by atoms with Crippen LogP contribution in [0.3, 0.4) is 0 Å². The molecule has 31 heavy (non-hydrogen) atoms. The van der Waals surface area contributed by atoms with Crippen LogP contribution in [0.25, 0.3) is 0 Å². The van der Waals surface area contributed by atoms with Crippen LogP contribution >= 0.6 is 12.2 Å². The summed E-state index contributed by atoms with van der Waals surface area (Å²) in [6.07, 6.45) is 4.26. The van der Waals surface area contributed by atoms with Gasteiger partial charge in [-0.25, -0.2) is 0 Å². The zero-order valence-corrected chi connectivity index (χ0v) is 19.0. The van der Waals surface area contributed by atoms with Crippen molar-refractivity contribution in [3.8, 4) is 0 Å². The third-order valence-corrected chi connectivity index (χ3v) is 6.26. The number of benzene rings is 1. The summed E-state index contributed by atoms with van der Waals surface area (Å²) in [4.78, 5) is 21.5. The van der Waals surface area contributed by atoms with E-state index in [1.165, 1.54) is 5.56 Å². The number of nitrogens with one attached hydrogen (secondary N) is 1. The Morgan fingerprint density at radius 1 is 1.26 bits per heavy atom. The number of carbonyl (C=O) groups excluding carboxylic acids is 1. The van der Waals surface area contributed by atoms with E-state index in [0.717, 1.165) is 43.4 Å². The monoisotopic (exact) mass is 440 g/mol. The van der Waals surface area contributed by atoms with Crippen LogP contribution in [0.2, 0.25) is 0 Å². The van der Waals surface area contributed by atoms with Crippen LogP contribution in [0.15, 0.2) is 53.2 Å². The number of allylic oxidation sites excluding steroid dienone is 2. The molecule has 1 heterocycles. The highest BCUT2D eigenvalue weighted by Gasteiger charge is 2.27. The minimum absolute atomic E-state index is 0.0350. The molecule has 2 aliphatic rings. The van der Waals surface area contributed by atoms with Gasteiger partial charge >= 0.3 is 0 Å². The number of ketones is 1. The highest BCUT2D eigenvalue weighted by Crippen LogP contribution is 2.33. The van der Waals surface area contributed by atoms with Gasteiger partial charge in [-0.05, 0) is 30.6 Å². The number of nitrogens with zero attached hydrogens (tertiary/aromatic N) is 3. The molecule has 1 aliphatic carbocycles. The summed E-state index contributed by atoms with van der Waals surface area (Å²) >= 11 is 5.39. The molecule has 0 radical (unpaired) electrons. The minimum atomic E-state index is -0.0350. The molecule has 1 saturated heterocycles. The summed E-state index contributed by atoms with van der Waals surface area (Å²) in [6.45, 7) is 11.5. The molecule has 166 valence electrons. The van der Waals surface area contributed by atoms with E-state index in [0.29, 0.717) is 31.5 Å². The molecular formula is C24H32N4O2S.